The highest BCUT2D eigenvalue weighted by Crippen LogP contribution is 2.30. The van der Waals surface area contributed by atoms with Crippen LogP contribution in [0.15, 0.2) is 17.0 Å². The first kappa shape index (κ1) is 18.6. The van der Waals surface area contributed by atoms with Gasteiger partial charge in [0, 0.05) is 17.2 Å². The van der Waals surface area contributed by atoms with Crippen LogP contribution in [-0.4, -0.2) is 20.9 Å². The summed E-state index contributed by atoms with van der Waals surface area (Å²) in [6.45, 7) is 6.55. The molecular weight excluding hydrogens is 357 g/mol. The Morgan fingerprint density at radius 1 is 1.19 bits per heavy atom. The number of benzene rings is 1. The van der Waals surface area contributed by atoms with E-state index in [9.17, 15) is 13.2 Å². The largest absolute Gasteiger partial charge is 0.352 e. The fourth-order valence-electron chi connectivity index (χ4n) is 1.47. The van der Waals surface area contributed by atoms with Gasteiger partial charge in [-0.1, -0.05) is 44.0 Å². The lowest BCUT2D eigenvalue weighted by Crippen LogP contribution is -2.30. The van der Waals surface area contributed by atoms with Crippen LogP contribution < -0.4 is 5.32 Å². The fraction of sp³-hybridized carbons (Fsp3) is 0.462. The minimum Gasteiger partial charge on any atom is -0.352 e. The summed E-state index contributed by atoms with van der Waals surface area (Å²) in [4.78, 5) is 11.8. The Bertz CT molecular complexity index is 644. The van der Waals surface area contributed by atoms with Crippen molar-refractivity contribution in [1.82, 2.24) is 5.32 Å². The van der Waals surface area contributed by atoms with Crippen LogP contribution in [0.3, 0.4) is 0 Å². The van der Waals surface area contributed by atoms with E-state index in [-0.39, 0.29) is 26.4 Å². The molecule has 1 rings (SSSR count). The van der Waals surface area contributed by atoms with Crippen molar-refractivity contribution in [3.05, 3.63) is 27.7 Å². The maximum Gasteiger partial charge on any atom is 0.262 e. The first-order valence-corrected chi connectivity index (χ1v) is 9.32. The smallest absolute Gasteiger partial charge is 0.262 e. The molecule has 0 aliphatic carbocycles. The van der Waals surface area contributed by atoms with E-state index in [1.165, 1.54) is 6.07 Å². The first-order chi connectivity index (χ1) is 9.54. The van der Waals surface area contributed by atoms with Crippen molar-refractivity contribution in [2.24, 2.45) is 11.8 Å². The SMILES string of the molecule is CC(C)C(C)CNC(=O)c1cc(S(=O)(=O)Cl)c(Cl)cc1Cl. The molecule has 1 N–H and O–H groups in total. The fourth-order valence-corrected chi connectivity index (χ4v) is 3.30. The first-order valence-electron chi connectivity index (χ1n) is 6.26. The lowest BCUT2D eigenvalue weighted by Gasteiger charge is -2.16. The van der Waals surface area contributed by atoms with Crippen molar-refractivity contribution in [3.63, 3.8) is 0 Å². The van der Waals surface area contributed by atoms with Crippen molar-refractivity contribution < 1.29 is 13.2 Å². The number of hydrogen-bond donors (Lipinski definition) is 1. The summed E-state index contributed by atoms with van der Waals surface area (Å²) in [5.74, 6) is 0.215. The quantitative estimate of drug-likeness (QED) is 0.796. The Balaban J connectivity index is 3.05. The zero-order valence-corrected chi connectivity index (χ0v) is 14.9. The molecule has 0 heterocycles. The molecule has 1 unspecified atom stereocenters. The summed E-state index contributed by atoms with van der Waals surface area (Å²) in [5, 5.41) is 2.66. The van der Waals surface area contributed by atoms with E-state index in [0.717, 1.165) is 6.07 Å². The predicted molar refractivity (Wildman–Crippen MR) is 85.8 cm³/mol. The summed E-state index contributed by atoms with van der Waals surface area (Å²) >= 11 is 11.7. The summed E-state index contributed by atoms with van der Waals surface area (Å²) < 4.78 is 22.8. The van der Waals surface area contributed by atoms with E-state index >= 15 is 0 Å². The van der Waals surface area contributed by atoms with E-state index in [1.54, 1.807) is 0 Å². The Labute approximate surface area is 139 Å². The second-order valence-electron chi connectivity index (χ2n) is 5.13. The summed E-state index contributed by atoms with van der Waals surface area (Å²) in [6, 6.07) is 2.28. The number of nitrogens with one attached hydrogen (secondary N) is 1. The maximum absolute atomic E-state index is 12.1. The van der Waals surface area contributed by atoms with Gasteiger partial charge in [0.1, 0.15) is 4.90 Å². The van der Waals surface area contributed by atoms with Crippen molar-refractivity contribution in [2.75, 3.05) is 6.54 Å². The van der Waals surface area contributed by atoms with E-state index in [4.69, 9.17) is 33.9 Å². The second kappa shape index (κ2) is 7.18. The Kier molecular flexibility index (Phi) is 6.35. The van der Waals surface area contributed by atoms with Crippen LogP contribution in [0.5, 0.6) is 0 Å². The van der Waals surface area contributed by atoms with Gasteiger partial charge in [-0.05, 0) is 24.0 Å². The van der Waals surface area contributed by atoms with Gasteiger partial charge in [-0.2, -0.15) is 0 Å². The van der Waals surface area contributed by atoms with Gasteiger partial charge in [-0.3, -0.25) is 4.79 Å². The Morgan fingerprint density at radius 3 is 2.24 bits per heavy atom. The number of rotatable bonds is 5. The van der Waals surface area contributed by atoms with Crippen molar-refractivity contribution >= 4 is 48.8 Å². The number of carbonyl (C=O) groups is 1. The highest BCUT2D eigenvalue weighted by Gasteiger charge is 2.21. The standard InChI is InChI=1S/C13H16Cl3NO3S/c1-7(2)8(3)6-17-13(18)9-4-12(21(16,19)20)11(15)5-10(9)14/h4-5,7-8H,6H2,1-3H3,(H,17,18). The molecule has 0 aliphatic rings. The Morgan fingerprint density at radius 2 is 1.76 bits per heavy atom. The molecule has 8 heteroatoms. The van der Waals surface area contributed by atoms with Crippen LogP contribution in [-0.2, 0) is 9.05 Å². The minimum absolute atomic E-state index is 0.0243. The highest BCUT2D eigenvalue weighted by molar-refractivity contribution is 8.13. The van der Waals surface area contributed by atoms with E-state index < -0.39 is 15.0 Å². The number of carbonyl (C=O) groups excluding carboxylic acids is 1. The van der Waals surface area contributed by atoms with Gasteiger partial charge in [0.05, 0.1) is 15.6 Å². The van der Waals surface area contributed by atoms with Crippen LogP contribution in [0.4, 0.5) is 0 Å². The monoisotopic (exact) mass is 371 g/mol. The van der Waals surface area contributed by atoms with Crippen LogP contribution >= 0.6 is 33.9 Å². The lowest BCUT2D eigenvalue weighted by atomic mass is 9.98. The van der Waals surface area contributed by atoms with Crippen molar-refractivity contribution in [3.8, 4) is 0 Å². The predicted octanol–water partition coefficient (Wildman–Crippen LogP) is 3.94. The van der Waals surface area contributed by atoms with Gasteiger partial charge in [-0.25, -0.2) is 8.42 Å². The zero-order chi connectivity index (χ0) is 16.4. The van der Waals surface area contributed by atoms with Crippen LogP contribution in [0.2, 0.25) is 10.0 Å². The van der Waals surface area contributed by atoms with Gasteiger partial charge >= 0.3 is 0 Å². The third-order valence-electron chi connectivity index (χ3n) is 3.25. The van der Waals surface area contributed by atoms with Gasteiger partial charge in [0.2, 0.25) is 0 Å². The molecule has 1 aromatic carbocycles. The third-order valence-corrected chi connectivity index (χ3v) is 5.35. The van der Waals surface area contributed by atoms with E-state index in [0.29, 0.717) is 12.5 Å². The Hall–Kier alpha value is -0.490. The molecule has 1 aromatic rings. The third kappa shape index (κ3) is 5.02. The van der Waals surface area contributed by atoms with Gasteiger partial charge in [0.15, 0.2) is 0 Å². The van der Waals surface area contributed by atoms with Crippen LogP contribution in [0.25, 0.3) is 0 Å². The molecular formula is C13H16Cl3NO3S. The van der Waals surface area contributed by atoms with Crippen molar-refractivity contribution in [2.45, 2.75) is 25.7 Å². The molecule has 0 radical (unpaired) electrons. The van der Waals surface area contributed by atoms with Crippen LogP contribution in [0, 0.1) is 11.8 Å². The zero-order valence-electron chi connectivity index (χ0n) is 11.8. The molecule has 0 bridgehead atoms. The van der Waals surface area contributed by atoms with Gasteiger partial charge in [-0.15, -0.1) is 0 Å². The molecule has 0 aliphatic heterocycles. The molecule has 0 spiro atoms. The molecule has 4 nitrogen and oxygen atoms in total. The average Bonchev–Trinajstić information content (AvgIpc) is 2.33. The van der Waals surface area contributed by atoms with E-state index in [2.05, 4.69) is 5.32 Å². The average molecular weight is 373 g/mol. The molecule has 118 valence electrons. The molecule has 0 aromatic heterocycles. The molecule has 0 saturated heterocycles. The number of hydrogen-bond acceptors (Lipinski definition) is 3. The van der Waals surface area contributed by atoms with Crippen molar-refractivity contribution in [1.29, 1.82) is 0 Å². The normalized spacial score (nSPS) is 13.3. The summed E-state index contributed by atoms with van der Waals surface area (Å²) in [5.41, 5.74) is 0.0243. The van der Waals surface area contributed by atoms with Crippen LogP contribution in [0.1, 0.15) is 31.1 Å². The minimum atomic E-state index is -4.05. The molecule has 1 amide bonds. The molecule has 1 atom stereocenters. The van der Waals surface area contributed by atoms with Gasteiger partial charge in [0.25, 0.3) is 15.0 Å². The van der Waals surface area contributed by atoms with Gasteiger partial charge < -0.3 is 5.32 Å². The van der Waals surface area contributed by atoms with E-state index in [1.807, 2.05) is 20.8 Å². The summed E-state index contributed by atoms with van der Waals surface area (Å²) in [6.07, 6.45) is 0. The number of amides is 1. The second-order valence-corrected chi connectivity index (χ2v) is 8.48. The lowest BCUT2D eigenvalue weighted by molar-refractivity contribution is 0.0945. The summed E-state index contributed by atoms with van der Waals surface area (Å²) in [7, 11) is 1.23. The molecule has 0 saturated carbocycles. The maximum atomic E-state index is 12.1. The topological polar surface area (TPSA) is 63.2 Å². The molecule has 21 heavy (non-hydrogen) atoms. The molecule has 0 fully saturated rings. The number of halogens is 3. The highest BCUT2D eigenvalue weighted by atomic mass is 35.7.